The molecule has 0 amide bonds. The maximum absolute atomic E-state index is 12.5. The molecule has 3 rings (SSSR count). The minimum atomic E-state index is -0.113. The number of furan rings is 1. The third-order valence-corrected chi connectivity index (χ3v) is 4.84. The van der Waals surface area contributed by atoms with E-state index < -0.39 is 0 Å². The molecule has 3 nitrogen and oxygen atoms in total. The molecule has 0 unspecified atom stereocenters. The summed E-state index contributed by atoms with van der Waals surface area (Å²) in [6.07, 6.45) is 5.23. The van der Waals surface area contributed by atoms with Gasteiger partial charge in [-0.2, -0.15) is 0 Å². The van der Waals surface area contributed by atoms with Crippen molar-refractivity contribution in [3.8, 4) is 0 Å². The van der Waals surface area contributed by atoms with Crippen LogP contribution in [-0.2, 0) is 4.79 Å². The first-order valence-electron chi connectivity index (χ1n) is 8.00. The highest BCUT2D eigenvalue weighted by Gasteiger charge is 2.33. The molecule has 1 heterocycles. The molecule has 0 radical (unpaired) electrons. The molecule has 0 N–H and O–H groups in total. The molecule has 4 heteroatoms. The van der Waals surface area contributed by atoms with Crippen LogP contribution in [0.1, 0.15) is 54.1 Å². The van der Waals surface area contributed by atoms with Crippen molar-refractivity contribution in [2.75, 3.05) is 0 Å². The number of carbonyl (C=O) groups excluding carboxylic acids is 2. The van der Waals surface area contributed by atoms with Crippen LogP contribution in [0.3, 0.4) is 0 Å². The van der Waals surface area contributed by atoms with Gasteiger partial charge in [-0.1, -0.05) is 30.2 Å². The fraction of sp³-hybridized carbons (Fsp3) is 0.368. The van der Waals surface area contributed by atoms with Gasteiger partial charge in [-0.05, 0) is 42.7 Å². The Morgan fingerprint density at radius 3 is 2.65 bits per heavy atom. The number of benzene rings is 1. The van der Waals surface area contributed by atoms with E-state index in [0.29, 0.717) is 17.2 Å². The molecule has 0 saturated heterocycles. The Balaban J connectivity index is 1.87. The summed E-state index contributed by atoms with van der Waals surface area (Å²) in [6, 6.07) is 10.8. The number of Topliss-reactive ketones (excluding diaryl/α,β-unsaturated/α-hetero) is 2. The van der Waals surface area contributed by atoms with E-state index in [1.54, 1.807) is 12.1 Å². The summed E-state index contributed by atoms with van der Waals surface area (Å²) in [5.74, 6) is 0.352. The first-order chi connectivity index (χ1) is 11.1. The minimum Gasteiger partial charge on any atom is -0.461 e. The Morgan fingerprint density at radius 2 is 2.00 bits per heavy atom. The van der Waals surface area contributed by atoms with E-state index in [9.17, 15) is 9.59 Å². The lowest BCUT2D eigenvalue weighted by atomic mass is 9.74. The van der Waals surface area contributed by atoms with Gasteiger partial charge in [-0.3, -0.25) is 9.59 Å². The average molecular weight is 331 g/mol. The molecule has 1 fully saturated rings. The van der Waals surface area contributed by atoms with Gasteiger partial charge in [0.15, 0.2) is 11.5 Å². The van der Waals surface area contributed by atoms with Gasteiger partial charge in [-0.25, -0.2) is 0 Å². The maximum Gasteiger partial charge on any atom is 0.198 e. The third kappa shape index (κ3) is 3.73. The number of rotatable bonds is 5. The highest BCUT2D eigenvalue weighted by atomic mass is 35.5. The zero-order chi connectivity index (χ0) is 16.2. The zero-order valence-corrected chi connectivity index (χ0v) is 13.6. The predicted octanol–water partition coefficient (Wildman–Crippen LogP) is 5.05. The Bertz CT molecular complexity index is 673. The summed E-state index contributed by atoms with van der Waals surface area (Å²) < 4.78 is 5.21. The summed E-state index contributed by atoms with van der Waals surface area (Å²) in [6.45, 7) is 0. The normalized spacial score (nSPS) is 19.5. The van der Waals surface area contributed by atoms with Gasteiger partial charge in [0.2, 0.25) is 0 Å². The molecule has 1 aliphatic rings. The molecule has 1 aliphatic carbocycles. The van der Waals surface area contributed by atoms with Gasteiger partial charge < -0.3 is 4.42 Å². The molecule has 0 aliphatic heterocycles. The molecule has 2 atom stereocenters. The molecule has 1 aromatic carbocycles. The van der Waals surface area contributed by atoms with Gasteiger partial charge in [0.05, 0.1) is 6.26 Å². The summed E-state index contributed by atoms with van der Waals surface area (Å²) in [5.41, 5.74) is 0.995. The van der Waals surface area contributed by atoms with E-state index in [4.69, 9.17) is 16.0 Å². The number of hydrogen-bond donors (Lipinski definition) is 0. The average Bonchev–Trinajstić information content (AvgIpc) is 3.09. The summed E-state index contributed by atoms with van der Waals surface area (Å²) >= 11 is 5.97. The largest absolute Gasteiger partial charge is 0.461 e. The van der Waals surface area contributed by atoms with E-state index in [-0.39, 0.29) is 29.8 Å². The monoisotopic (exact) mass is 330 g/mol. The second kappa shape index (κ2) is 7.14. The molecule has 1 aromatic heterocycles. The van der Waals surface area contributed by atoms with Gasteiger partial charge in [0.1, 0.15) is 5.78 Å². The number of halogens is 1. The van der Waals surface area contributed by atoms with Crippen LogP contribution in [0, 0.1) is 5.92 Å². The van der Waals surface area contributed by atoms with Crippen LogP contribution in [0.4, 0.5) is 0 Å². The van der Waals surface area contributed by atoms with Crippen molar-refractivity contribution in [1.29, 1.82) is 0 Å². The molecule has 0 bridgehead atoms. The molecular formula is C19H19ClO3. The Hall–Kier alpha value is -1.87. The van der Waals surface area contributed by atoms with Crippen molar-refractivity contribution in [3.05, 3.63) is 59.0 Å². The van der Waals surface area contributed by atoms with Crippen molar-refractivity contribution < 1.29 is 14.0 Å². The zero-order valence-electron chi connectivity index (χ0n) is 12.8. The van der Waals surface area contributed by atoms with Crippen molar-refractivity contribution in [2.45, 2.75) is 38.0 Å². The van der Waals surface area contributed by atoms with Gasteiger partial charge in [0, 0.05) is 29.7 Å². The topological polar surface area (TPSA) is 47.3 Å². The van der Waals surface area contributed by atoms with Crippen molar-refractivity contribution >= 4 is 23.2 Å². The second-order valence-corrected chi connectivity index (χ2v) is 6.52. The first-order valence-corrected chi connectivity index (χ1v) is 8.38. The van der Waals surface area contributed by atoms with E-state index in [1.807, 2.05) is 24.3 Å². The fourth-order valence-corrected chi connectivity index (χ4v) is 3.50. The Morgan fingerprint density at radius 1 is 1.22 bits per heavy atom. The maximum atomic E-state index is 12.5. The lowest BCUT2D eigenvalue weighted by molar-refractivity contribution is -0.125. The standard InChI is InChI=1S/C19H19ClO3/c20-14-9-7-13(8-10-14)16(15-4-1-2-5-17(15)21)12-18(22)19-6-3-11-23-19/h3,6-11,15-16H,1-2,4-5,12H2/t15-,16+/m1/s1. The highest BCUT2D eigenvalue weighted by Crippen LogP contribution is 2.37. The van der Waals surface area contributed by atoms with Crippen LogP contribution >= 0.6 is 11.6 Å². The van der Waals surface area contributed by atoms with Crippen molar-refractivity contribution in [1.82, 2.24) is 0 Å². The third-order valence-electron chi connectivity index (χ3n) is 4.59. The van der Waals surface area contributed by atoms with E-state index >= 15 is 0 Å². The number of hydrogen-bond acceptors (Lipinski definition) is 3. The van der Waals surface area contributed by atoms with E-state index in [2.05, 4.69) is 0 Å². The first kappa shape index (κ1) is 16.0. The highest BCUT2D eigenvalue weighted by molar-refractivity contribution is 6.30. The molecule has 1 saturated carbocycles. The molecule has 120 valence electrons. The van der Waals surface area contributed by atoms with Crippen LogP contribution < -0.4 is 0 Å². The second-order valence-electron chi connectivity index (χ2n) is 6.08. The predicted molar refractivity (Wildman–Crippen MR) is 88.8 cm³/mol. The van der Waals surface area contributed by atoms with Gasteiger partial charge >= 0.3 is 0 Å². The van der Waals surface area contributed by atoms with Crippen LogP contribution in [-0.4, -0.2) is 11.6 Å². The Kier molecular flexibility index (Phi) is 4.97. The fourth-order valence-electron chi connectivity index (χ4n) is 3.38. The van der Waals surface area contributed by atoms with Crippen molar-refractivity contribution in [3.63, 3.8) is 0 Å². The molecule has 2 aromatic rings. The summed E-state index contributed by atoms with van der Waals surface area (Å²) in [4.78, 5) is 24.9. The van der Waals surface area contributed by atoms with Gasteiger partial charge in [-0.15, -0.1) is 0 Å². The minimum absolute atomic E-state index is 0.0617. The summed E-state index contributed by atoms with van der Waals surface area (Å²) in [7, 11) is 0. The quantitative estimate of drug-likeness (QED) is 0.721. The summed E-state index contributed by atoms with van der Waals surface area (Å²) in [5, 5.41) is 0.653. The van der Waals surface area contributed by atoms with Gasteiger partial charge in [0.25, 0.3) is 0 Å². The Labute approximate surface area is 140 Å². The SMILES string of the molecule is O=C(C[C@@H](c1ccc(Cl)cc1)[C@H]1CCCCC1=O)c1ccco1. The van der Waals surface area contributed by atoms with Crippen LogP contribution in [0.15, 0.2) is 47.1 Å². The van der Waals surface area contributed by atoms with E-state index in [1.165, 1.54) is 6.26 Å². The smallest absolute Gasteiger partial charge is 0.198 e. The van der Waals surface area contributed by atoms with E-state index in [0.717, 1.165) is 24.8 Å². The molecule has 0 spiro atoms. The lowest BCUT2D eigenvalue weighted by Gasteiger charge is -2.29. The molecular weight excluding hydrogens is 312 g/mol. The molecule has 23 heavy (non-hydrogen) atoms. The van der Waals surface area contributed by atoms with Crippen molar-refractivity contribution in [2.24, 2.45) is 5.92 Å². The lowest BCUT2D eigenvalue weighted by Crippen LogP contribution is -2.27. The van der Waals surface area contributed by atoms with Crippen LogP contribution in [0.2, 0.25) is 5.02 Å². The van der Waals surface area contributed by atoms with Crippen LogP contribution in [0.5, 0.6) is 0 Å². The van der Waals surface area contributed by atoms with Crippen LogP contribution in [0.25, 0.3) is 0 Å². The number of ketones is 2. The number of carbonyl (C=O) groups is 2.